The van der Waals surface area contributed by atoms with Gasteiger partial charge in [0.25, 0.3) is 0 Å². The van der Waals surface area contributed by atoms with Crippen LogP contribution in [-0.2, 0) is 16.1 Å². The van der Waals surface area contributed by atoms with E-state index >= 15 is 0 Å². The number of nitrogens with zero attached hydrogens (tertiary/aromatic N) is 3. The molecule has 0 N–H and O–H groups in total. The van der Waals surface area contributed by atoms with Gasteiger partial charge in [-0.05, 0) is 17.4 Å². The SMILES string of the molecule is CC(C)CN1C(=O)C(=O)N(Cc2cc(-c3cccs3)on2)C1=O. The summed E-state index contributed by atoms with van der Waals surface area (Å²) in [6.07, 6.45) is 0. The minimum atomic E-state index is -0.823. The first-order chi connectivity index (χ1) is 11.0. The van der Waals surface area contributed by atoms with Crippen LogP contribution in [0.2, 0.25) is 0 Å². The van der Waals surface area contributed by atoms with Crippen LogP contribution in [-0.4, -0.2) is 39.3 Å². The maximum Gasteiger partial charge on any atom is 0.334 e. The van der Waals surface area contributed by atoms with Crippen molar-refractivity contribution in [1.82, 2.24) is 15.0 Å². The van der Waals surface area contributed by atoms with Crippen LogP contribution in [0.5, 0.6) is 0 Å². The summed E-state index contributed by atoms with van der Waals surface area (Å²) in [6.45, 7) is 3.89. The lowest BCUT2D eigenvalue weighted by molar-refractivity contribution is -0.143. The first kappa shape index (κ1) is 15.4. The van der Waals surface area contributed by atoms with Crippen LogP contribution in [0.15, 0.2) is 28.1 Å². The fourth-order valence-corrected chi connectivity index (χ4v) is 2.97. The molecule has 8 heteroatoms. The molecule has 7 nitrogen and oxygen atoms in total. The van der Waals surface area contributed by atoms with Gasteiger partial charge in [0.15, 0.2) is 5.76 Å². The predicted octanol–water partition coefficient (Wildman–Crippen LogP) is 2.35. The Hall–Kier alpha value is -2.48. The molecule has 1 fully saturated rings. The summed E-state index contributed by atoms with van der Waals surface area (Å²) < 4.78 is 5.22. The Labute approximate surface area is 136 Å². The van der Waals surface area contributed by atoms with E-state index in [-0.39, 0.29) is 19.0 Å². The molecule has 1 aliphatic rings. The van der Waals surface area contributed by atoms with Crippen molar-refractivity contribution >= 4 is 29.2 Å². The Morgan fingerprint density at radius 3 is 2.61 bits per heavy atom. The zero-order valence-electron chi connectivity index (χ0n) is 12.7. The number of aromatic nitrogens is 1. The van der Waals surface area contributed by atoms with Gasteiger partial charge in [-0.15, -0.1) is 11.3 Å². The van der Waals surface area contributed by atoms with E-state index in [0.717, 1.165) is 14.7 Å². The summed E-state index contributed by atoms with van der Waals surface area (Å²) in [5.41, 5.74) is 0.425. The Morgan fingerprint density at radius 2 is 1.96 bits per heavy atom. The van der Waals surface area contributed by atoms with E-state index in [1.165, 1.54) is 11.3 Å². The van der Waals surface area contributed by atoms with Crippen LogP contribution in [0.25, 0.3) is 10.6 Å². The number of carbonyl (C=O) groups is 3. The summed E-state index contributed by atoms with van der Waals surface area (Å²) in [5.74, 6) is -0.949. The van der Waals surface area contributed by atoms with E-state index < -0.39 is 17.8 Å². The number of rotatable bonds is 5. The summed E-state index contributed by atoms with van der Waals surface area (Å²) in [5, 5.41) is 5.78. The Balaban J connectivity index is 1.76. The third-order valence-electron chi connectivity index (χ3n) is 3.33. The monoisotopic (exact) mass is 333 g/mol. The third kappa shape index (κ3) is 2.89. The molecule has 0 radical (unpaired) electrons. The van der Waals surface area contributed by atoms with Crippen LogP contribution in [0.1, 0.15) is 19.5 Å². The zero-order chi connectivity index (χ0) is 16.6. The number of imide groups is 2. The number of thiophene rings is 1. The quantitative estimate of drug-likeness (QED) is 0.619. The lowest BCUT2D eigenvalue weighted by Crippen LogP contribution is -2.35. The molecular formula is C15H15N3O4S. The second kappa shape index (κ2) is 5.96. The van der Waals surface area contributed by atoms with Crippen molar-refractivity contribution in [3.8, 4) is 10.6 Å². The minimum absolute atomic E-state index is 0.0765. The Kier molecular flexibility index (Phi) is 3.99. The molecule has 4 amide bonds. The Bertz CT molecular complexity index is 751. The molecule has 1 saturated heterocycles. The van der Waals surface area contributed by atoms with Gasteiger partial charge in [0.05, 0.1) is 11.4 Å². The van der Waals surface area contributed by atoms with Crippen LogP contribution in [0, 0.1) is 5.92 Å². The largest absolute Gasteiger partial charge is 0.355 e. The lowest BCUT2D eigenvalue weighted by atomic mass is 10.2. The molecular weight excluding hydrogens is 318 g/mol. The molecule has 0 saturated carbocycles. The number of hydrogen-bond donors (Lipinski definition) is 0. The lowest BCUT2D eigenvalue weighted by Gasteiger charge is -2.16. The van der Waals surface area contributed by atoms with Crippen molar-refractivity contribution in [3.63, 3.8) is 0 Å². The molecule has 0 spiro atoms. The van der Waals surface area contributed by atoms with Crippen LogP contribution < -0.4 is 0 Å². The highest BCUT2D eigenvalue weighted by molar-refractivity contribution is 7.13. The van der Waals surface area contributed by atoms with Gasteiger partial charge in [-0.25, -0.2) is 9.69 Å². The number of hydrogen-bond acceptors (Lipinski definition) is 6. The van der Waals surface area contributed by atoms with Crippen molar-refractivity contribution in [2.75, 3.05) is 6.54 Å². The molecule has 120 valence electrons. The highest BCUT2D eigenvalue weighted by Crippen LogP contribution is 2.26. The van der Waals surface area contributed by atoms with Crippen LogP contribution >= 0.6 is 11.3 Å². The smallest absolute Gasteiger partial charge is 0.334 e. The van der Waals surface area contributed by atoms with Gasteiger partial charge in [0.1, 0.15) is 5.69 Å². The van der Waals surface area contributed by atoms with Crippen molar-refractivity contribution in [2.45, 2.75) is 20.4 Å². The molecule has 23 heavy (non-hydrogen) atoms. The second-order valence-electron chi connectivity index (χ2n) is 5.64. The summed E-state index contributed by atoms with van der Waals surface area (Å²) in [7, 11) is 0. The van der Waals surface area contributed by atoms with Crippen LogP contribution in [0.3, 0.4) is 0 Å². The van der Waals surface area contributed by atoms with Gasteiger partial charge in [0.2, 0.25) is 0 Å². The normalized spacial score (nSPS) is 15.3. The fraction of sp³-hybridized carbons (Fsp3) is 0.333. The fourth-order valence-electron chi connectivity index (χ4n) is 2.30. The second-order valence-corrected chi connectivity index (χ2v) is 6.59. The molecule has 0 bridgehead atoms. The Morgan fingerprint density at radius 1 is 1.22 bits per heavy atom. The highest BCUT2D eigenvalue weighted by Gasteiger charge is 2.44. The molecule has 3 heterocycles. The van der Waals surface area contributed by atoms with Crippen molar-refractivity contribution < 1.29 is 18.9 Å². The molecule has 2 aromatic rings. The predicted molar refractivity (Wildman–Crippen MR) is 82.3 cm³/mol. The van der Waals surface area contributed by atoms with Crippen LogP contribution in [0.4, 0.5) is 4.79 Å². The topological polar surface area (TPSA) is 83.7 Å². The number of carbonyl (C=O) groups excluding carboxylic acids is 3. The van der Waals surface area contributed by atoms with E-state index in [1.807, 2.05) is 31.4 Å². The minimum Gasteiger partial charge on any atom is -0.355 e. The van der Waals surface area contributed by atoms with Gasteiger partial charge in [0, 0.05) is 12.6 Å². The van der Waals surface area contributed by atoms with Gasteiger partial charge >= 0.3 is 17.8 Å². The molecule has 2 aromatic heterocycles. The standard InChI is InChI=1S/C15H15N3O4S/c1-9(2)7-17-13(19)14(20)18(15(17)21)8-10-6-11(22-16-10)12-4-3-5-23-12/h3-6,9H,7-8H2,1-2H3. The summed E-state index contributed by atoms with van der Waals surface area (Å²) >= 11 is 1.50. The molecule has 0 atom stereocenters. The van der Waals surface area contributed by atoms with Crippen molar-refractivity contribution in [1.29, 1.82) is 0 Å². The van der Waals surface area contributed by atoms with E-state index in [2.05, 4.69) is 5.16 Å². The molecule has 1 aliphatic heterocycles. The molecule has 3 rings (SSSR count). The molecule has 0 aliphatic carbocycles. The maximum atomic E-state index is 12.3. The maximum absolute atomic E-state index is 12.3. The van der Waals surface area contributed by atoms with E-state index in [0.29, 0.717) is 11.5 Å². The van der Waals surface area contributed by atoms with Crippen molar-refractivity contribution in [3.05, 3.63) is 29.3 Å². The zero-order valence-corrected chi connectivity index (χ0v) is 13.5. The first-order valence-corrected chi connectivity index (χ1v) is 8.02. The third-order valence-corrected chi connectivity index (χ3v) is 4.21. The molecule has 0 unspecified atom stereocenters. The summed E-state index contributed by atoms with van der Waals surface area (Å²) in [4.78, 5) is 39.0. The number of amides is 4. The number of urea groups is 1. The van der Waals surface area contributed by atoms with Gasteiger partial charge in [-0.3, -0.25) is 14.5 Å². The first-order valence-electron chi connectivity index (χ1n) is 7.14. The average molecular weight is 333 g/mol. The van der Waals surface area contributed by atoms with Gasteiger partial charge in [-0.1, -0.05) is 25.1 Å². The molecule has 0 aromatic carbocycles. The van der Waals surface area contributed by atoms with E-state index in [9.17, 15) is 14.4 Å². The van der Waals surface area contributed by atoms with Crippen molar-refractivity contribution in [2.24, 2.45) is 5.92 Å². The van der Waals surface area contributed by atoms with E-state index in [4.69, 9.17) is 4.52 Å². The van der Waals surface area contributed by atoms with Gasteiger partial charge in [-0.2, -0.15) is 0 Å². The highest BCUT2D eigenvalue weighted by atomic mass is 32.1. The average Bonchev–Trinajstić information content (AvgIpc) is 3.21. The summed E-state index contributed by atoms with van der Waals surface area (Å²) in [6, 6.07) is 4.84. The van der Waals surface area contributed by atoms with E-state index in [1.54, 1.807) is 6.07 Å². The van der Waals surface area contributed by atoms with Gasteiger partial charge < -0.3 is 4.52 Å².